The average Bonchev–Trinajstić information content (AvgIpc) is 2.78. The molecule has 0 aromatic heterocycles. The zero-order valence-corrected chi connectivity index (χ0v) is 13.5. The molecule has 0 spiro atoms. The number of carbonyl (C=O) groups excluding carboxylic acids is 2. The van der Waals surface area contributed by atoms with E-state index in [9.17, 15) is 9.59 Å². The highest BCUT2D eigenvalue weighted by atomic mass is 16.6. The van der Waals surface area contributed by atoms with E-state index in [0.29, 0.717) is 25.6 Å². The third-order valence-electron chi connectivity index (χ3n) is 4.05. The van der Waals surface area contributed by atoms with E-state index in [4.69, 9.17) is 4.74 Å². The normalized spacial score (nSPS) is 25.0. The first-order valence-corrected chi connectivity index (χ1v) is 7.86. The van der Waals surface area contributed by atoms with Crippen molar-refractivity contribution in [2.45, 2.75) is 71.1 Å². The van der Waals surface area contributed by atoms with Crippen molar-refractivity contribution in [3.05, 3.63) is 0 Å². The minimum atomic E-state index is -0.454. The molecule has 0 unspecified atom stereocenters. The molecule has 2 amide bonds. The fourth-order valence-corrected chi connectivity index (χ4v) is 2.98. The Morgan fingerprint density at radius 3 is 2.48 bits per heavy atom. The van der Waals surface area contributed by atoms with Gasteiger partial charge in [-0.2, -0.15) is 0 Å². The van der Waals surface area contributed by atoms with Gasteiger partial charge in [-0.3, -0.25) is 10.2 Å². The quantitative estimate of drug-likeness (QED) is 0.845. The fourth-order valence-electron chi connectivity index (χ4n) is 2.98. The van der Waals surface area contributed by atoms with E-state index in [1.165, 1.54) is 0 Å². The number of rotatable bonds is 2. The van der Waals surface area contributed by atoms with Gasteiger partial charge in [0.1, 0.15) is 5.60 Å². The van der Waals surface area contributed by atoms with Crippen LogP contribution >= 0.6 is 0 Å². The molecular weight excluding hydrogens is 270 g/mol. The summed E-state index contributed by atoms with van der Waals surface area (Å²) in [5, 5.41) is 2.11. The molecule has 6 heteroatoms. The molecule has 2 aliphatic heterocycles. The van der Waals surface area contributed by atoms with Gasteiger partial charge in [-0.25, -0.2) is 9.80 Å². The van der Waals surface area contributed by atoms with Crippen molar-refractivity contribution in [3.8, 4) is 0 Å². The van der Waals surface area contributed by atoms with Crippen molar-refractivity contribution in [1.82, 2.24) is 15.3 Å². The molecule has 2 fully saturated rings. The summed E-state index contributed by atoms with van der Waals surface area (Å²) in [7, 11) is 0. The van der Waals surface area contributed by atoms with Crippen molar-refractivity contribution in [2.75, 3.05) is 13.1 Å². The highest BCUT2D eigenvalue weighted by Crippen LogP contribution is 2.24. The predicted octanol–water partition coefficient (Wildman–Crippen LogP) is 1.90. The highest BCUT2D eigenvalue weighted by Gasteiger charge is 2.36. The first-order valence-electron chi connectivity index (χ1n) is 7.86. The molecule has 2 aliphatic rings. The first-order chi connectivity index (χ1) is 9.80. The second kappa shape index (κ2) is 6.22. The second-order valence-electron chi connectivity index (χ2n) is 6.91. The topological polar surface area (TPSA) is 61.9 Å². The Bertz CT molecular complexity index is 397. The number of ether oxygens (including phenoxy) is 1. The molecule has 21 heavy (non-hydrogen) atoms. The number of hydrogen-bond donors (Lipinski definition) is 1. The van der Waals surface area contributed by atoms with Crippen molar-refractivity contribution in [3.63, 3.8) is 0 Å². The van der Waals surface area contributed by atoms with Gasteiger partial charge in [0.15, 0.2) is 0 Å². The molecule has 120 valence electrons. The molecule has 0 aromatic carbocycles. The SMILES string of the molecule is CC[C@@H]1CC(=O)NN1C1CCN(C(=O)OC(C)(C)C)CC1. The lowest BCUT2D eigenvalue weighted by Gasteiger charge is -2.38. The smallest absolute Gasteiger partial charge is 0.410 e. The van der Waals surface area contributed by atoms with E-state index in [-0.39, 0.29) is 18.0 Å². The Kier molecular flexibility index (Phi) is 4.76. The molecule has 1 atom stereocenters. The van der Waals surface area contributed by atoms with Gasteiger partial charge in [0, 0.05) is 31.6 Å². The largest absolute Gasteiger partial charge is 0.444 e. The van der Waals surface area contributed by atoms with E-state index in [2.05, 4.69) is 17.4 Å². The summed E-state index contributed by atoms with van der Waals surface area (Å²) in [5.74, 6) is 0.108. The number of amides is 2. The maximum absolute atomic E-state index is 12.0. The van der Waals surface area contributed by atoms with Crippen LogP contribution in [0.5, 0.6) is 0 Å². The van der Waals surface area contributed by atoms with E-state index in [1.54, 1.807) is 4.90 Å². The number of hydrazine groups is 1. The Labute approximate surface area is 126 Å². The number of hydrogen-bond acceptors (Lipinski definition) is 4. The van der Waals surface area contributed by atoms with Gasteiger partial charge in [0.25, 0.3) is 0 Å². The summed E-state index contributed by atoms with van der Waals surface area (Å²) < 4.78 is 5.40. The third-order valence-corrected chi connectivity index (χ3v) is 4.05. The van der Waals surface area contributed by atoms with Crippen LogP contribution in [0.2, 0.25) is 0 Å². The molecule has 6 nitrogen and oxygen atoms in total. The van der Waals surface area contributed by atoms with Crippen molar-refractivity contribution < 1.29 is 14.3 Å². The Balaban J connectivity index is 1.86. The van der Waals surface area contributed by atoms with Gasteiger partial charge in [-0.05, 0) is 40.0 Å². The van der Waals surface area contributed by atoms with Crippen LogP contribution in [-0.2, 0) is 9.53 Å². The van der Waals surface area contributed by atoms with Gasteiger partial charge in [-0.1, -0.05) is 6.92 Å². The zero-order chi connectivity index (χ0) is 15.6. The highest BCUT2D eigenvalue weighted by molar-refractivity contribution is 5.78. The van der Waals surface area contributed by atoms with Crippen molar-refractivity contribution in [1.29, 1.82) is 0 Å². The molecule has 0 radical (unpaired) electrons. The molecule has 2 rings (SSSR count). The minimum Gasteiger partial charge on any atom is -0.444 e. The summed E-state index contributed by atoms with van der Waals surface area (Å²) in [6, 6.07) is 0.607. The van der Waals surface area contributed by atoms with Crippen LogP contribution in [0.1, 0.15) is 53.4 Å². The lowest BCUT2D eigenvalue weighted by atomic mass is 10.0. The number of carbonyl (C=O) groups is 2. The van der Waals surface area contributed by atoms with E-state index in [1.807, 2.05) is 20.8 Å². The van der Waals surface area contributed by atoms with Crippen LogP contribution in [0.3, 0.4) is 0 Å². The molecule has 0 aromatic rings. The van der Waals surface area contributed by atoms with Crippen LogP contribution in [0.15, 0.2) is 0 Å². The fraction of sp³-hybridized carbons (Fsp3) is 0.867. The van der Waals surface area contributed by atoms with Gasteiger partial charge in [0.2, 0.25) is 5.91 Å². The summed E-state index contributed by atoms with van der Waals surface area (Å²) in [6.45, 7) is 9.11. The predicted molar refractivity (Wildman–Crippen MR) is 79.5 cm³/mol. The molecular formula is C15H27N3O3. The molecule has 2 saturated heterocycles. The maximum atomic E-state index is 12.0. The van der Waals surface area contributed by atoms with E-state index in [0.717, 1.165) is 19.3 Å². The standard InChI is InChI=1S/C15H27N3O3/c1-5-11-10-13(19)16-18(11)12-6-8-17(9-7-12)14(20)21-15(2,3)4/h11-12H,5-10H2,1-4H3,(H,16,19)/t11-/m1/s1. The molecule has 0 saturated carbocycles. The Morgan fingerprint density at radius 2 is 1.95 bits per heavy atom. The number of piperidine rings is 1. The molecule has 0 bridgehead atoms. The van der Waals surface area contributed by atoms with Gasteiger partial charge >= 0.3 is 6.09 Å². The van der Waals surface area contributed by atoms with E-state index < -0.39 is 5.60 Å². The van der Waals surface area contributed by atoms with Crippen LogP contribution in [0, 0.1) is 0 Å². The summed E-state index contributed by atoms with van der Waals surface area (Å²) in [5.41, 5.74) is 2.51. The van der Waals surface area contributed by atoms with Gasteiger partial charge in [0.05, 0.1) is 0 Å². The van der Waals surface area contributed by atoms with E-state index >= 15 is 0 Å². The molecule has 1 N–H and O–H groups in total. The zero-order valence-electron chi connectivity index (χ0n) is 13.5. The Morgan fingerprint density at radius 1 is 1.33 bits per heavy atom. The summed E-state index contributed by atoms with van der Waals surface area (Å²) in [6.07, 6.45) is 3.05. The van der Waals surface area contributed by atoms with Gasteiger partial charge in [-0.15, -0.1) is 0 Å². The summed E-state index contributed by atoms with van der Waals surface area (Å²) in [4.78, 5) is 25.4. The monoisotopic (exact) mass is 297 g/mol. The lowest BCUT2D eigenvalue weighted by Crippen LogP contribution is -2.52. The van der Waals surface area contributed by atoms with Gasteiger partial charge < -0.3 is 9.64 Å². The molecule has 0 aliphatic carbocycles. The third kappa shape index (κ3) is 4.09. The lowest BCUT2D eigenvalue weighted by molar-refractivity contribution is -0.121. The number of likely N-dealkylation sites (tertiary alicyclic amines) is 1. The second-order valence-corrected chi connectivity index (χ2v) is 6.91. The number of nitrogens with one attached hydrogen (secondary N) is 1. The van der Waals surface area contributed by atoms with Crippen molar-refractivity contribution in [2.24, 2.45) is 0 Å². The minimum absolute atomic E-state index is 0.108. The maximum Gasteiger partial charge on any atom is 0.410 e. The van der Waals surface area contributed by atoms with Crippen LogP contribution in [-0.4, -0.2) is 52.7 Å². The average molecular weight is 297 g/mol. The Hall–Kier alpha value is -1.30. The van der Waals surface area contributed by atoms with Crippen LogP contribution in [0.4, 0.5) is 4.79 Å². The van der Waals surface area contributed by atoms with Crippen LogP contribution < -0.4 is 5.43 Å². The number of nitrogens with zero attached hydrogens (tertiary/aromatic N) is 2. The van der Waals surface area contributed by atoms with Crippen molar-refractivity contribution >= 4 is 12.0 Å². The van der Waals surface area contributed by atoms with Crippen LogP contribution in [0.25, 0.3) is 0 Å². The summed E-state index contributed by atoms with van der Waals surface area (Å²) >= 11 is 0. The first kappa shape index (κ1) is 16.1. The molecule has 2 heterocycles.